The fourth-order valence-electron chi connectivity index (χ4n) is 0. The van der Waals surface area contributed by atoms with Crippen LogP contribution in [0.15, 0.2) is 3.21 Å². The van der Waals surface area contributed by atoms with Crippen molar-refractivity contribution in [2.24, 2.45) is 3.21 Å². The van der Waals surface area contributed by atoms with E-state index in [1.807, 2.05) is 22.9 Å². The van der Waals surface area contributed by atoms with Crippen LogP contribution in [0.1, 0.15) is 0 Å². The van der Waals surface area contributed by atoms with E-state index in [1.54, 1.807) is 4.22 Å². The topological polar surface area (TPSA) is 12.4 Å². The van der Waals surface area contributed by atoms with E-state index in [0.29, 0.717) is 0 Å². The van der Waals surface area contributed by atoms with Gasteiger partial charge >= 0.3 is 0 Å². The molecule has 24 valence electrons. The fraction of sp³-hybridized carbons (Fsp3) is 0. The Morgan fingerprint density at radius 3 is 2.00 bits per heavy atom. The van der Waals surface area contributed by atoms with E-state index >= 15 is 0 Å². The molecule has 0 saturated carbocycles. The number of hydrogen-bond acceptors (Lipinski definition) is 1. The van der Waals surface area contributed by atoms with Gasteiger partial charge in [0.05, 0.1) is 27.1 Å². The van der Waals surface area contributed by atoms with E-state index in [9.17, 15) is 0 Å². The highest BCUT2D eigenvalue weighted by Crippen LogP contribution is 1.80. The fourth-order valence-corrected chi connectivity index (χ4v) is 0. The van der Waals surface area contributed by atoms with Gasteiger partial charge in [-0.15, -0.1) is 0 Å². The number of halogens is 2. The van der Waals surface area contributed by atoms with E-state index < -0.39 is 0 Å². The second-order valence-electron chi connectivity index (χ2n) is 0.195. The van der Waals surface area contributed by atoms with E-state index in [2.05, 4.69) is 25.8 Å². The van der Waals surface area contributed by atoms with Crippen molar-refractivity contribution in [1.29, 1.82) is 0 Å². The largest absolute Gasteiger partial charge is 0.217 e. The molecule has 0 amide bonds. The standard InChI is InChI=1S/CHI2N/c2-1-4-3/h1H. The van der Waals surface area contributed by atoms with Gasteiger partial charge in [-0.1, -0.05) is 0 Å². The lowest BCUT2D eigenvalue weighted by Gasteiger charge is -1.46. The SMILES string of the molecule is IC=NI. The van der Waals surface area contributed by atoms with Crippen molar-refractivity contribution < 1.29 is 0 Å². The lowest BCUT2D eigenvalue weighted by atomic mass is 11.8. The predicted octanol–water partition coefficient (Wildman–Crippen LogP) is 1.80. The second-order valence-corrected chi connectivity index (χ2v) is 1.31. The Kier molecular flexibility index (Phi) is 5.30. The molecule has 0 fully saturated rings. The summed E-state index contributed by atoms with van der Waals surface area (Å²) in [5, 5.41) is 0. The maximum atomic E-state index is 3.57. The summed E-state index contributed by atoms with van der Waals surface area (Å²) >= 11 is 3.97. The zero-order chi connectivity index (χ0) is 3.41. The van der Waals surface area contributed by atoms with Gasteiger partial charge in [0, 0.05) is 0 Å². The summed E-state index contributed by atoms with van der Waals surface area (Å²) in [5.41, 5.74) is 0. The molecule has 0 atom stereocenters. The van der Waals surface area contributed by atoms with Gasteiger partial charge in [-0.3, -0.25) is 0 Å². The molecule has 3 heteroatoms. The van der Waals surface area contributed by atoms with E-state index in [-0.39, 0.29) is 0 Å². The number of nitrogens with zero attached hydrogens (tertiary/aromatic N) is 1. The Balaban J connectivity index is 2.55. The van der Waals surface area contributed by atoms with Crippen molar-refractivity contribution >= 4 is 49.7 Å². The second kappa shape index (κ2) is 4.13. The van der Waals surface area contributed by atoms with Crippen LogP contribution in [-0.4, -0.2) is 4.22 Å². The Morgan fingerprint density at radius 1 is 1.75 bits per heavy atom. The molecule has 4 heavy (non-hydrogen) atoms. The molecule has 0 spiro atoms. The first-order valence-electron chi connectivity index (χ1n) is 0.645. The minimum absolute atomic E-state index is 1.71. The highest BCUT2D eigenvalue weighted by Gasteiger charge is 1.38. The lowest BCUT2D eigenvalue weighted by Crippen LogP contribution is -1.26. The molecule has 0 aromatic rings. The van der Waals surface area contributed by atoms with Crippen molar-refractivity contribution in [3.8, 4) is 0 Å². The minimum atomic E-state index is 1.71. The van der Waals surface area contributed by atoms with Gasteiger partial charge in [0.1, 0.15) is 0 Å². The first-order chi connectivity index (χ1) is 1.91. The van der Waals surface area contributed by atoms with Crippen LogP contribution in [0.2, 0.25) is 0 Å². The first-order valence-corrected chi connectivity index (χ1v) is 2.86. The van der Waals surface area contributed by atoms with Crippen LogP contribution < -0.4 is 0 Å². The highest BCUT2D eigenvalue weighted by molar-refractivity contribution is 14.1. The Morgan fingerprint density at radius 2 is 2.00 bits per heavy atom. The maximum absolute atomic E-state index is 3.57. The Labute approximate surface area is 52.5 Å². The molecule has 0 aliphatic heterocycles. The van der Waals surface area contributed by atoms with Gasteiger partial charge < -0.3 is 0 Å². The first kappa shape index (κ1) is 5.13. The van der Waals surface area contributed by atoms with Crippen LogP contribution in [0.4, 0.5) is 0 Å². The molecule has 0 heterocycles. The van der Waals surface area contributed by atoms with Gasteiger partial charge in [0.25, 0.3) is 0 Å². The van der Waals surface area contributed by atoms with Crippen molar-refractivity contribution in [2.75, 3.05) is 0 Å². The maximum Gasteiger partial charge on any atom is 0.0836 e. The molecule has 0 aromatic carbocycles. The van der Waals surface area contributed by atoms with Crippen LogP contribution >= 0.6 is 45.5 Å². The van der Waals surface area contributed by atoms with E-state index in [0.717, 1.165) is 0 Å². The molecule has 0 aliphatic carbocycles. The molecule has 1 nitrogen and oxygen atoms in total. The summed E-state index contributed by atoms with van der Waals surface area (Å²) in [5.74, 6) is 0. The Bertz CT molecular complexity index is 21.2. The molecular formula is CHI2N. The summed E-state index contributed by atoms with van der Waals surface area (Å²) < 4.78 is 5.27. The molecule has 0 aromatic heterocycles. The van der Waals surface area contributed by atoms with Gasteiger partial charge in [-0.2, -0.15) is 0 Å². The number of rotatable bonds is 0. The van der Waals surface area contributed by atoms with Crippen LogP contribution in [0.5, 0.6) is 0 Å². The van der Waals surface area contributed by atoms with Gasteiger partial charge in [0.2, 0.25) is 0 Å². The highest BCUT2D eigenvalue weighted by atomic mass is 127. The minimum Gasteiger partial charge on any atom is -0.217 e. The van der Waals surface area contributed by atoms with Gasteiger partial charge in [0.15, 0.2) is 0 Å². The van der Waals surface area contributed by atoms with Gasteiger partial charge in [-0.25, -0.2) is 3.21 Å². The summed E-state index contributed by atoms with van der Waals surface area (Å²) in [6.07, 6.45) is 0. The lowest BCUT2D eigenvalue weighted by molar-refractivity contribution is 2.16. The quantitative estimate of drug-likeness (QED) is 0.474. The molecule has 0 N–H and O–H groups in total. The van der Waals surface area contributed by atoms with Crippen molar-refractivity contribution in [2.45, 2.75) is 0 Å². The summed E-state index contributed by atoms with van der Waals surface area (Å²) in [4.78, 5) is 0. The summed E-state index contributed by atoms with van der Waals surface area (Å²) in [6.45, 7) is 0. The molecular weight excluding hydrogens is 280 g/mol. The number of hydrogen-bond donors (Lipinski definition) is 0. The molecule has 0 radical (unpaired) electrons. The van der Waals surface area contributed by atoms with Crippen LogP contribution in [0, 0.1) is 0 Å². The Hall–Kier alpha value is 1.13. The van der Waals surface area contributed by atoms with Crippen molar-refractivity contribution in [3.63, 3.8) is 0 Å². The molecule has 0 aliphatic rings. The van der Waals surface area contributed by atoms with Crippen LogP contribution in [0.3, 0.4) is 0 Å². The predicted molar refractivity (Wildman–Crippen MR) is 36.5 cm³/mol. The summed E-state index contributed by atoms with van der Waals surface area (Å²) in [7, 11) is 0. The van der Waals surface area contributed by atoms with E-state index in [1.165, 1.54) is 0 Å². The molecule has 0 unspecified atom stereocenters. The molecule has 0 rings (SSSR count). The van der Waals surface area contributed by atoms with Gasteiger partial charge in [-0.05, 0) is 22.6 Å². The smallest absolute Gasteiger partial charge is 0.0836 e. The van der Waals surface area contributed by atoms with Crippen molar-refractivity contribution in [3.05, 3.63) is 0 Å². The normalized spacial score (nSPS) is 9.50. The average molecular weight is 281 g/mol. The van der Waals surface area contributed by atoms with E-state index in [4.69, 9.17) is 0 Å². The zero-order valence-corrected chi connectivity index (χ0v) is 6.10. The van der Waals surface area contributed by atoms with Crippen LogP contribution in [-0.2, 0) is 0 Å². The average Bonchev–Trinajstić information content (AvgIpc) is 1.37. The third kappa shape index (κ3) is 3.13. The van der Waals surface area contributed by atoms with Crippen LogP contribution in [0.25, 0.3) is 0 Å². The molecule has 0 saturated heterocycles. The monoisotopic (exact) mass is 281 g/mol. The third-order valence-electron chi connectivity index (χ3n) is 0.0369. The summed E-state index contributed by atoms with van der Waals surface area (Å²) in [6, 6.07) is 0. The molecule has 0 bridgehead atoms. The third-order valence-corrected chi connectivity index (χ3v) is 1.66. The van der Waals surface area contributed by atoms with Crippen molar-refractivity contribution in [1.82, 2.24) is 0 Å². The zero-order valence-electron chi connectivity index (χ0n) is 1.78.